The largest absolute Gasteiger partial charge is 0.598 e. The molecule has 1 aromatic carbocycles. The lowest BCUT2D eigenvalue weighted by atomic mass is 10.0. The van der Waals surface area contributed by atoms with Gasteiger partial charge in [-0.15, -0.1) is 4.72 Å². The highest BCUT2D eigenvalue weighted by molar-refractivity contribution is 7.90. The first-order valence-corrected chi connectivity index (χ1v) is 15.2. The Morgan fingerprint density at radius 1 is 1.19 bits per heavy atom. The normalized spacial score (nSPS) is 15.0. The molecular weight excluding hydrogens is 438 g/mol. The molecule has 0 radical (unpaired) electrons. The van der Waals surface area contributed by atoms with E-state index in [1.54, 1.807) is 7.11 Å². The SMILES string of the molecule is COc1ccc([C@@H](C)N[S@@+]([O-])C(C)(C)C)cc1-c1cnn(CCO[Si](C)(C)C(C)(C)C)c1. The summed E-state index contributed by atoms with van der Waals surface area (Å²) >= 11 is -1.15. The van der Waals surface area contributed by atoms with Gasteiger partial charge in [0.2, 0.25) is 0 Å². The van der Waals surface area contributed by atoms with Crippen molar-refractivity contribution in [3.05, 3.63) is 36.2 Å². The van der Waals surface area contributed by atoms with E-state index in [0.717, 1.165) is 22.4 Å². The maximum Gasteiger partial charge on any atom is 0.192 e. The second kappa shape index (κ2) is 10.3. The summed E-state index contributed by atoms with van der Waals surface area (Å²) in [5, 5.41) is 4.73. The molecule has 6 nitrogen and oxygen atoms in total. The first-order valence-electron chi connectivity index (χ1n) is 11.2. The summed E-state index contributed by atoms with van der Waals surface area (Å²) in [7, 11) is -0.0979. The van der Waals surface area contributed by atoms with Gasteiger partial charge in [-0.2, -0.15) is 5.10 Å². The van der Waals surface area contributed by atoms with Crippen LogP contribution in [0, 0.1) is 0 Å². The third kappa shape index (κ3) is 6.84. The Bertz CT molecular complexity index is 887. The molecule has 0 unspecified atom stereocenters. The Balaban J connectivity index is 2.16. The van der Waals surface area contributed by atoms with Gasteiger partial charge in [0.1, 0.15) is 10.5 Å². The molecule has 0 saturated heterocycles. The van der Waals surface area contributed by atoms with Crippen molar-refractivity contribution < 1.29 is 13.7 Å². The number of ether oxygens (including phenoxy) is 1. The van der Waals surface area contributed by atoms with E-state index < -0.39 is 19.7 Å². The minimum atomic E-state index is -1.77. The standard InChI is InChI=1S/C24H41N3O3SSi/c1-18(26-31(28)23(2,3)4)19-11-12-22(29-8)21(15-19)20-16-25-27(17-20)13-14-30-32(9,10)24(5,6)7/h11-12,15-18,26H,13-14H2,1-10H3/t18-,31+/m1/s1. The second-order valence-electron chi connectivity index (χ2n) is 10.8. The molecule has 2 rings (SSSR count). The van der Waals surface area contributed by atoms with Crippen LogP contribution in [0.15, 0.2) is 30.6 Å². The molecule has 0 aliphatic carbocycles. The molecule has 32 heavy (non-hydrogen) atoms. The average molecular weight is 480 g/mol. The molecule has 2 atom stereocenters. The summed E-state index contributed by atoms with van der Waals surface area (Å²) in [5.74, 6) is 0.787. The topological polar surface area (TPSA) is 71.4 Å². The second-order valence-corrected chi connectivity index (χ2v) is 17.6. The van der Waals surface area contributed by atoms with Crippen molar-refractivity contribution in [3.8, 4) is 16.9 Å². The molecule has 0 aliphatic heterocycles. The zero-order valence-corrected chi connectivity index (χ0v) is 23.2. The van der Waals surface area contributed by atoms with E-state index in [2.05, 4.69) is 49.8 Å². The van der Waals surface area contributed by atoms with Crippen LogP contribution in [0.5, 0.6) is 5.75 Å². The van der Waals surface area contributed by atoms with Crippen LogP contribution >= 0.6 is 0 Å². The van der Waals surface area contributed by atoms with Crippen LogP contribution in [-0.2, 0) is 22.3 Å². The third-order valence-corrected chi connectivity index (χ3v) is 12.3. The summed E-state index contributed by atoms with van der Waals surface area (Å²) in [6.07, 6.45) is 3.89. The quantitative estimate of drug-likeness (QED) is 0.369. The predicted octanol–water partition coefficient (Wildman–Crippen LogP) is 5.69. The van der Waals surface area contributed by atoms with Gasteiger partial charge in [-0.25, -0.2) is 0 Å². The predicted molar refractivity (Wildman–Crippen MR) is 137 cm³/mol. The van der Waals surface area contributed by atoms with Crippen LogP contribution < -0.4 is 9.46 Å². The van der Waals surface area contributed by atoms with Gasteiger partial charge in [-0.1, -0.05) is 26.8 Å². The number of rotatable bonds is 9. The van der Waals surface area contributed by atoms with Gasteiger partial charge in [0.05, 0.1) is 32.5 Å². The summed E-state index contributed by atoms with van der Waals surface area (Å²) in [6, 6.07) is 6.00. The first-order chi connectivity index (χ1) is 14.7. The van der Waals surface area contributed by atoms with Gasteiger partial charge in [0.25, 0.3) is 0 Å². The van der Waals surface area contributed by atoms with E-state index in [1.165, 1.54) is 0 Å². The molecule has 0 aliphatic rings. The Labute approximate surface area is 198 Å². The molecule has 0 saturated carbocycles. The zero-order chi connectivity index (χ0) is 24.3. The molecular formula is C24H41N3O3SSi. The zero-order valence-electron chi connectivity index (χ0n) is 21.4. The van der Waals surface area contributed by atoms with Crippen LogP contribution in [0.25, 0.3) is 11.1 Å². The number of nitrogens with zero attached hydrogens (tertiary/aromatic N) is 2. The molecule has 0 fully saturated rings. The van der Waals surface area contributed by atoms with Crippen LogP contribution in [0.1, 0.15) is 60.1 Å². The van der Waals surface area contributed by atoms with Gasteiger partial charge in [-0.3, -0.25) is 4.68 Å². The Hall–Kier alpha value is -1.32. The Morgan fingerprint density at radius 2 is 1.84 bits per heavy atom. The van der Waals surface area contributed by atoms with Crippen LogP contribution in [0.2, 0.25) is 18.1 Å². The van der Waals surface area contributed by atoms with Crippen molar-refractivity contribution >= 4 is 19.7 Å². The minimum absolute atomic E-state index is 0.0623. The molecule has 1 N–H and O–H groups in total. The van der Waals surface area contributed by atoms with E-state index >= 15 is 0 Å². The highest BCUT2D eigenvalue weighted by Gasteiger charge is 2.36. The van der Waals surface area contributed by atoms with Crippen molar-refractivity contribution in [2.24, 2.45) is 0 Å². The number of hydrogen-bond acceptors (Lipinski definition) is 5. The number of hydrogen-bond donors (Lipinski definition) is 1. The van der Waals surface area contributed by atoms with E-state index in [4.69, 9.17) is 9.16 Å². The lowest BCUT2D eigenvalue weighted by molar-refractivity contribution is 0.266. The maximum atomic E-state index is 12.5. The van der Waals surface area contributed by atoms with Crippen LogP contribution in [0.4, 0.5) is 0 Å². The number of benzene rings is 1. The van der Waals surface area contributed by atoms with Gasteiger partial charge < -0.3 is 13.7 Å². The summed E-state index contributed by atoms with van der Waals surface area (Å²) in [5.41, 5.74) is 3.00. The Morgan fingerprint density at radius 3 is 2.41 bits per heavy atom. The van der Waals surface area contributed by atoms with Crippen molar-refractivity contribution in [1.82, 2.24) is 14.5 Å². The fourth-order valence-corrected chi connectivity index (χ4v) is 4.71. The first kappa shape index (κ1) is 26.9. The van der Waals surface area contributed by atoms with Crippen molar-refractivity contribution in [2.45, 2.75) is 83.9 Å². The van der Waals surface area contributed by atoms with Crippen molar-refractivity contribution in [2.75, 3.05) is 13.7 Å². The number of aromatic nitrogens is 2. The molecule has 0 bridgehead atoms. The van der Waals surface area contributed by atoms with Crippen molar-refractivity contribution in [3.63, 3.8) is 0 Å². The van der Waals surface area contributed by atoms with E-state index in [1.807, 2.05) is 56.9 Å². The fraction of sp³-hybridized carbons (Fsp3) is 0.625. The molecule has 2 aromatic rings. The lowest BCUT2D eigenvalue weighted by Crippen LogP contribution is -2.41. The third-order valence-electron chi connectivity index (χ3n) is 6.10. The van der Waals surface area contributed by atoms with Gasteiger partial charge in [-0.05, 0) is 63.5 Å². The Kier molecular flexibility index (Phi) is 8.67. The fourth-order valence-electron chi connectivity index (χ4n) is 2.86. The van der Waals surface area contributed by atoms with Crippen LogP contribution in [-0.4, -0.2) is 41.1 Å². The van der Waals surface area contributed by atoms with Gasteiger partial charge in [0.15, 0.2) is 8.32 Å². The van der Waals surface area contributed by atoms with Gasteiger partial charge in [0, 0.05) is 28.7 Å². The molecule has 8 heteroatoms. The van der Waals surface area contributed by atoms with Crippen molar-refractivity contribution in [1.29, 1.82) is 0 Å². The molecule has 180 valence electrons. The summed E-state index contributed by atoms with van der Waals surface area (Å²) < 4.78 is 29.2. The minimum Gasteiger partial charge on any atom is -0.598 e. The van der Waals surface area contributed by atoms with E-state index in [9.17, 15) is 4.55 Å². The molecule has 0 amide bonds. The average Bonchev–Trinajstić information content (AvgIpc) is 3.14. The number of nitrogens with one attached hydrogen (secondary N) is 1. The lowest BCUT2D eigenvalue weighted by Gasteiger charge is -2.36. The highest BCUT2D eigenvalue weighted by atomic mass is 32.2. The molecule has 0 spiro atoms. The number of methoxy groups -OCH3 is 1. The summed E-state index contributed by atoms with van der Waals surface area (Å²) in [6.45, 7) is 20.5. The smallest absolute Gasteiger partial charge is 0.192 e. The van der Waals surface area contributed by atoms with E-state index in [0.29, 0.717) is 13.2 Å². The maximum absolute atomic E-state index is 12.5. The van der Waals surface area contributed by atoms with Gasteiger partial charge >= 0.3 is 0 Å². The highest BCUT2D eigenvalue weighted by Crippen LogP contribution is 2.36. The monoisotopic (exact) mass is 479 g/mol. The van der Waals surface area contributed by atoms with Crippen LogP contribution in [0.3, 0.4) is 0 Å². The summed E-state index contributed by atoms with van der Waals surface area (Å²) in [4.78, 5) is 0. The molecule has 1 aromatic heterocycles. The molecule has 1 heterocycles. The van der Waals surface area contributed by atoms with E-state index in [-0.39, 0.29) is 15.8 Å².